The fourth-order valence-corrected chi connectivity index (χ4v) is 3.96. The first kappa shape index (κ1) is 22.8. The lowest BCUT2D eigenvalue weighted by Gasteiger charge is -2.22. The molecule has 0 aliphatic heterocycles. The van der Waals surface area contributed by atoms with E-state index in [1.807, 2.05) is 0 Å². The highest BCUT2D eigenvalue weighted by molar-refractivity contribution is 7.92. The third-order valence-corrected chi connectivity index (χ3v) is 5.91. The first-order valence-corrected chi connectivity index (χ1v) is 11.7. The molecular weight excluding hydrogens is 457 g/mol. The molecule has 160 valence electrons. The molecule has 3 rings (SSSR count). The number of halogens is 2. The maximum atomic E-state index is 12.3. The fraction of sp³-hybridized carbons (Fsp3) is 0.0909. The molecule has 1 N–H and O–H groups in total. The number of carbonyl (C=O) groups excluding carboxylic acids is 1. The Kier molecular flexibility index (Phi) is 7.33. The molecule has 3 aromatic rings. The molecule has 0 saturated heterocycles. The van der Waals surface area contributed by atoms with Gasteiger partial charge in [0, 0.05) is 15.6 Å². The summed E-state index contributed by atoms with van der Waals surface area (Å²) in [5.41, 5.74) is 4.74. The second kappa shape index (κ2) is 9.96. The van der Waals surface area contributed by atoms with Crippen LogP contribution in [0.25, 0.3) is 0 Å². The molecule has 0 saturated carbocycles. The molecule has 0 atom stereocenters. The summed E-state index contributed by atoms with van der Waals surface area (Å²) in [6.45, 7) is 0.144. The number of nitrogens with zero attached hydrogens (tertiary/aromatic N) is 2. The lowest BCUT2D eigenvalue weighted by atomic mass is 10.2. The molecule has 0 heterocycles. The van der Waals surface area contributed by atoms with E-state index in [1.165, 1.54) is 10.5 Å². The van der Waals surface area contributed by atoms with E-state index in [-0.39, 0.29) is 6.54 Å². The van der Waals surface area contributed by atoms with E-state index in [4.69, 9.17) is 23.2 Å². The van der Waals surface area contributed by atoms with Gasteiger partial charge in [0.05, 0.1) is 24.7 Å². The number of benzene rings is 3. The largest absolute Gasteiger partial charge is 0.271 e. The van der Waals surface area contributed by atoms with Crippen LogP contribution in [0, 0.1) is 0 Å². The number of hydrogen-bond donors (Lipinski definition) is 1. The van der Waals surface area contributed by atoms with Crippen LogP contribution in [-0.4, -0.2) is 26.8 Å². The zero-order valence-corrected chi connectivity index (χ0v) is 18.8. The van der Waals surface area contributed by atoms with Crippen molar-refractivity contribution in [2.45, 2.75) is 6.54 Å². The Balaban J connectivity index is 1.71. The van der Waals surface area contributed by atoms with E-state index in [1.54, 1.807) is 72.8 Å². The standard InChI is InChI=1S/C22H19Cl2N3O3S/c1-31(29,30)27(15-16-5-9-19(23)10-6-16)21-11-7-18(8-12-21)22(28)26-25-14-17-3-2-4-20(24)13-17/h2-14H,15H2,1H3,(H,26,28)/b25-14-. The quantitative estimate of drug-likeness (QED) is 0.396. The van der Waals surface area contributed by atoms with Gasteiger partial charge in [0.1, 0.15) is 0 Å². The number of carbonyl (C=O) groups is 1. The van der Waals surface area contributed by atoms with Crippen molar-refractivity contribution in [3.8, 4) is 0 Å². The van der Waals surface area contributed by atoms with Gasteiger partial charge in [-0.1, -0.05) is 47.5 Å². The highest BCUT2D eigenvalue weighted by Crippen LogP contribution is 2.22. The predicted octanol–water partition coefficient (Wildman–Crippen LogP) is 4.72. The molecule has 0 aliphatic carbocycles. The first-order valence-electron chi connectivity index (χ1n) is 9.13. The summed E-state index contributed by atoms with van der Waals surface area (Å²) in [4.78, 5) is 12.3. The zero-order valence-electron chi connectivity index (χ0n) is 16.5. The molecule has 0 bridgehead atoms. The highest BCUT2D eigenvalue weighted by atomic mass is 35.5. The smallest absolute Gasteiger partial charge is 0.267 e. The van der Waals surface area contributed by atoms with Crippen molar-refractivity contribution in [1.29, 1.82) is 0 Å². The van der Waals surface area contributed by atoms with Crippen molar-refractivity contribution < 1.29 is 13.2 Å². The normalized spacial score (nSPS) is 11.5. The summed E-state index contributed by atoms with van der Waals surface area (Å²) in [6, 6.07) is 20.2. The lowest BCUT2D eigenvalue weighted by Crippen LogP contribution is -2.29. The average molecular weight is 476 g/mol. The molecule has 6 nitrogen and oxygen atoms in total. The number of amides is 1. The summed E-state index contributed by atoms with van der Waals surface area (Å²) < 4.78 is 25.9. The van der Waals surface area contributed by atoms with Crippen molar-refractivity contribution in [1.82, 2.24) is 5.43 Å². The van der Waals surface area contributed by atoms with Crippen LogP contribution in [0.4, 0.5) is 5.69 Å². The molecule has 3 aromatic carbocycles. The Morgan fingerprint density at radius 1 is 1.00 bits per heavy atom. The van der Waals surface area contributed by atoms with Gasteiger partial charge >= 0.3 is 0 Å². The Labute approximate surface area is 191 Å². The van der Waals surface area contributed by atoms with Crippen molar-refractivity contribution in [3.63, 3.8) is 0 Å². The van der Waals surface area contributed by atoms with Crippen molar-refractivity contribution >= 4 is 51.0 Å². The maximum absolute atomic E-state index is 12.3. The van der Waals surface area contributed by atoms with Gasteiger partial charge in [-0.05, 0) is 59.7 Å². The van der Waals surface area contributed by atoms with Crippen LogP contribution in [-0.2, 0) is 16.6 Å². The Morgan fingerprint density at radius 3 is 2.29 bits per heavy atom. The Bertz CT molecular complexity index is 1200. The van der Waals surface area contributed by atoms with Gasteiger partial charge in [0.25, 0.3) is 5.91 Å². The highest BCUT2D eigenvalue weighted by Gasteiger charge is 2.18. The van der Waals surface area contributed by atoms with Gasteiger partial charge in [-0.3, -0.25) is 9.10 Å². The van der Waals surface area contributed by atoms with Crippen LogP contribution in [0.2, 0.25) is 10.0 Å². The van der Waals surface area contributed by atoms with Gasteiger partial charge in [-0.25, -0.2) is 13.8 Å². The monoisotopic (exact) mass is 475 g/mol. The van der Waals surface area contributed by atoms with Crippen LogP contribution < -0.4 is 9.73 Å². The van der Waals surface area contributed by atoms with Gasteiger partial charge in [0.15, 0.2) is 0 Å². The van der Waals surface area contributed by atoms with E-state index in [2.05, 4.69) is 10.5 Å². The molecular formula is C22H19Cl2N3O3S. The minimum absolute atomic E-state index is 0.144. The molecule has 31 heavy (non-hydrogen) atoms. The van der Waals surface area contributed by atoms with E-state index in [0.717, 1.165) is 17.4 Å². The molecule has 0 fully saturated rings. The van der Waals surface area contributed by atoms with Crippen molar-refractivity contribution in [2.75, 3.05) is 10.6 Å². The van der Waals surface area contributed by atoms with Crippen molar-refractivity contribution in [2.24, 2.45) is 5.10 Å². The Morgan fingerprint density at radius 2 is 1.68 bits per heavy atom. The number of rotatable bonds is 7. The maximum Gasteiger partial charge on any atom is 0.271 e. The van der Waals surface area contributed by atoms with Gasteiger partial charge < -0.3 is 0 Å². The molecule has 0 radical (unpaired) electrons. The summed E-state index contributed by atoms with van der Waals surface area (Å²) in [5.74, 6) is -0.423. The third kappa shape index (κ3) is 6.55. The molecule has 0 aliphatic rings. The number of nitrogens with one attached hydrogen (secondary N) is 1. The molecule has 0 unspecified atom stereocenters. The minimum atomic E-state index is -3.54. The van der Waals surface area contributed by atoms with Crippen LogP contribution in [0.1, 0.15) is 21.5 Å². The third-order valence-electron chi connectivity index (χ3n) is 4.29. The van der Waals surface area contributed by atoms with Gasteiger partial charge in [-0.15, -0.1) is 0 Å². The van der Waals surface area contributed by atoms with Crippen LogP contribution in [0.3, 0.4) is 0 Å². The molecule has 9 heteroatoms. The fourth-order valence-electron chi connectivity index (χ4n) is 2.75. The topological polar surface area (TPSA) is 78.8 Å². The predicted molar refractivity (Wildman–Crippen MR) is 125 cm³/mol. The van der Waals surface area contributed by atoms with Crippen LogP contribution in [0.15, 0.2) is 77.9 Å². The molecule has 0 spiro atoms. The molecule has 1 amide bonds. The SMILES string of the molecule is CS(=O)(=O)N(Cc1ccc(Cl)cc1)c1ccc(C(=O)N/N=C\c2cccc(Cl)c2)cc1. The van der Waals surface area contributed by atoms with E-state index < -0.39 is 15.9 Å². The second-order valence-corrected chi connectivity index (χ2v) is 9.48. The number of hydrazone groups is 1. The minimum Gasteiger partial charge on any atom is -0.267 e. The summed E-state index contributed by atoms with van der Waals surface area (Å²) >= 11 is 11.8. The van der Waals surface area contributed by atoms with Gasteiger partial charge in [-0.2, -0.15) is 5.10 Å². The van der Waals surface area contributed by atoms with E-state index >= 15 is 0 Å². The Hall–Kier alpha value is -2.87. The van der Waals surface area contributed by atoms with E-state index in [0.29, 0.717) is 21.3 Å². The number of hydrogen-bond acceptors (Lipinski definition) is 4. The number of anilines is 1. The van der Waals surface area contributed by atoms with Gasteiger partial charge in [0.2, 0.25) is 10.0 Å². The first-order chi connectivity index (χ1) is 14.7. The molecule has 0 aromatic heterocycles. The zero-order chi connectivity index (χ0) is 22.4. The lowest BCUT2D eigenvalue weighted by molar-refractivity contribution is 0.0955. The summed E-state index contributed by atoms with van der Waals surface area (Å²) in [5, 5.41) is 5.06. The van der Waals surface area contributed by atoms with E-state index in [9.17, 15) is 13.2 Å². The average Bonchev–Trinajstić information content (AvgIpc) is 2.72. The van der Waals surface area contributed by atoms with Crippen molar-refractivity contribution in [3.05, 3.63) is 99.5 Å². The van der Waals surface area contributed by atoms with Crippen LogP contribution >= 0.6 is 23.2 Å². The van der Waals surface area contributed by atoms with Crippen LogP contribution in [0.5, 0.6) is 0 Å². The second-order valence-electron chi connectivity index (χ2n) is 6.70. The summed E-state index contributed by atoms with van der Waals surface area (Å²) in [6.07, 6.45) is 2.61. The number of sulfonamides is 1. The summed E-state index contributed by atoms with van der Waals surface area (Å²) in [7, 11) is -3.54.